The Kier molecular flexibility index (Phi) is 3.85. The number of para-hydroxylation sites is 1. The molecule has 6 heteroatoms. The van der Waals surface area contributed by atoms with Gasteiger partial charge < -0.3 is 14.2 Å². The number of amides is 1. The number of carbonyl (C=O) groups excluding carboxylic acids is 1. The molecule has 0 spiro atoms. The van der Waals surface area contributed by atoms with E-state index in [0.29, 0.717) is 22.8 Å². The number of halogens is 1. The van der Waals surface area contributed by atoms with Crippen LogP contribution in [0.3, 0.4) is 0 Å². The van der Waals surface area contributed by atoms with Gasteiger partial charge in [0.1, 0.15) is 0 Å². The van der Waals surface area contributed by atoms with Crippen LogP contribution in [-0.4, -0.2) is 17.6 Å². The molecule has 0 aliphatic carbocycles. The molecule has 2 aromatic rings. The molecule has 3 rings (SSSR count). The Hall–Kier alpha value is -1.61. The fourth-order valence-electron chi connectivity index (χ4n) is 2.30. The van der Waals surface area contributed by atoms with Gasteiger partial charge in [-0.3, -0.25) is 4.79 Å². The fraction of sp³-hybridized carbons (Fsp3) is 0.133. The third-order valence-corrected chi connectivity index (χ3v) is 5.14. The Labute approximate surface area is 129 Å². The Balaban J connectivity index is 1.93. The van der Waals surface area contributed by atoms with E-state index in [-0.39, 0.29) is 5.91 Å². The highest BCUT2D eigenvalue weighted by Gasteiger charge is 2.29. The van der Waals surface area contributed by atoms with Crippen molar-refractivity contribution in [2.24, 2.45) is 0 Å². The van der Waals surface area contributed by atoms with Crippen molar-refractivity contribution in [3.05, 3.63) is 64.7 Å². The molecule has 0 aromatic heterocycles. The fourth-order valence-corrected chi connectivity index (χ4v) is 3.66. The Morgan fingerprint density at radius 3 is 2.52 bits per heavy atom. The summed E-state index contributed by atoms with van der Waals surface area (Å²) in [6.07, 6.45) is 0. The monoisotopic (exact) mass is 319 g/mol. The van der Waals surface area contributed by atoms with E-state index < -0.39 is 8.45 Å². The van der Waals surface area contributed by atoms with Crippen LogP contribution in [0.4, 0.5) is 5.69 Å². The topological polar surface area (TPSA) is 46.6 Å². The zero-order valence-electron chi connectivity index (χ0n) is 11.4. The first-order valence-electron chi connectivity index (χ1n) is 6.44. The highest BCUT2D eigenvalue weighted by Crippen LogP contribution is 2.46. The highest BCUT2D eigenvalue weighted by atomic mass is 35.5. The number of carbonyl (C=O) groups is 1. The number of nitrogens with zero attached hydrogens (tertiary/aromatic N) is 2. The summed E-state index contributed by atoms with van der Waals surface area (Å²) in [6.45, 7) is 0.296. The predicted molar refractivity (Wildman–Crippen MR) is 83.1 cm³/mol. The maximum atomic E-state index is 12.5. The smallest absolute Gasteiger partial charge is 0.259 e. The van der Waals surface area contributed by atoms with E-state index in [1.54, 1.807) is 36.0 Å². The standard InChI is InChI=1S/C15H13ClN2O2P/c1-17-14-5-3-2-4-13(14)15(19)18(21(17)20)10-11-6-8-12(16)9-7-11/h2-9H,10H2,1H3/q-1. The maximum absolute atomic E-state index is 12.5. The van der Waals surface area contributed by atoms with E-state index >= 15 is 0 Å². The predicted octanol–water partition coefficient (Wildman–Crippen LogP) is 3.02. The van der Waals surface area contributed by atoms with Crippen molar-refractivity contribution in [3.63, 3.8) is 0 Å². The van der Waals surface area contributed by atoms with Gasteiger partial charge in [0, 0.05) is 20.5 Å². The van der Waals surface area contributed by atoms with Gasteiger partial charge in [-0.2, -0.15) is 0 Å². The quantitative estimate of drug-likeness (QED) is 0.799. The summed E-state index contributed by atoms with van der Waals surface area (Å²) in [5.41, 5.74) is 2.17. The molecule has 108 valence electrons. The third kappa shape index (κ3) is 2.62. The number of anilines is 1. The average Bonchev–Trinajstić information content (AvgIpc) is 2.51. The SMILES string of the molecule is CN1c2ccccc2C(=O)N(Cc2ccc(Cl)cc2)P1[O-]. The Morgan fingerprint density at radius 1 is 1.14 bits per heavy atom. The molecule has 21 heavy (non-hydrogen) atoms. The number of hydrogen-bond acceptors (Lipinski definition) is 3. The van der Waals surface area contributed by atoms with Gasteiger partial charge in [-0.25, -0.2) is 0 Å². The van der Waals surface area contributed by atoms with Gasteiger partial charge in [0.25, 0.3) is 5.91 Å². The van der Waals surface area contributed by atoms with E-state index in [0.717, 1.165) is 5.56 Å². The number of hydrogen-bond donors (Lipinski definition) is 0. The summed E-state index contributed by atoms with van der Waals surface area (Å²) in [4.78, 5) is 25.1. The summed E-state index contributed by atoms with van der Waals surface area (Å²) in [5, 5.41) is 0.635. The molecule has 1 unspecified atom stereocenters. The molecule has 0 saturated heterocycles. The summed E-state index contributed by atoms with van der Waals surface area (Å²) < 4.78 is 3.03. The van der Waals surface area contributed by atoms with E-state index in [2.05, 4.69) is 0 Å². The summed E-state index contributed by atoms with van der Waals surface area (Å²) >= 11 is 5.86. The molecule has 0 N–H and O–H groups in total. The normalized spacial score (nSPS) is 17.9. The van der Waals surface area contributed by atoms with E-state index in [9.17, 15) is 9.69 Å². The molecule has 0 bridgehead atoms. The van der Waals surface area contributed by atoms with Crippen LogP contribution in [0, 0.1) is 0 Å². The van der Waals surface area contributed by atoms with Gasteiger partial charge in [-0.15, -0.1) is 0 Å². The van der Waals surface area contributed by atoms with Crippen molar-refractivity contribution >= 4 is 31.6 Å². The van der Waals surface area contributed by atoms with Crippen molar-refractivity contribution in [2.75, 3.05) is 11.7 Å². The molecule has 0 radical (unpaired) electrons. The number of rotatable bonds is 2. The van der Waals surface area contributed by atoms with Crippen LogP contribution in [0.15, 0.2) is 48.5 Å². The van der Waals surface area contributed by atoms with Crippen LogP contribution < -0.4 is 9.56 Å². The van der Waals surface area contributed by atoms with E-state index in [4.69, 9.17) is 11.6 Å². The van der Waals surface area contributed by atoms with Gasteiger partial charge in [-0.05, 0) is 29.8 Å². The van der Waals surface area contributed by atoms with Gasteiger partial charge in [-0.1, -0.05) is 35.9 Å². The summed E-state index contributed by atoms with van der Waals surface area (Å²) in [6, 6.07) is 14.4. The second-order valence-corrected chi connectivity index (χ2v) is 6.81. The Bertz CT molecular complexity index is 678. The van der Waals surface area contributed by atoms with Crippen molar-refractivity contribution in [1.82, 2.24) is 4.67 Å². The highest BCUT2D eigenvalue weighted by molar-refractivity contribution is 7.50. The first-order valence-corrected chi connectivity index (χ1v) is 7.98. The van der Waals surface area contributed by atoms with E-state index in [1.807, 2.05) is 24.3 Å². The minimum Gasteiger partial charge on any atom is -0.796 e. The van der Waals surface area contributed by atoms with Crippen molar-refractivity contribution in [2.45, 2.75) is 6.54 Å². The van der Waals surface area contributed by atoms with Crippen LogP contribution in [0.2, 0.25) is 5.02 Å². The second kappa shape index (κ2) is 5.64. The van der Waals surface area contributed by atoms with Gasteiger partial charge >= 0.3 is 0 Å². The van der Waals surface area contributed by atoms with Crippen LogP contribution in [0.1, 0.15) is 15.9 Å². The first kappa shape index (κ1) is 14.3. The molecule has 2 aromatic carbocycles. The minimum atomic E-state index is -1.94. The lowest BCUT2D eigenvalue weighted by Gasteiger charge is -2.47. The van der Waals surface area contributed by atoms with Crippen LogP contribution in [-0.2, 0) is 6.54 Å². The maximum Gasteiger partial charge on any atom is 0.259 e. The van der Waals surface area contributed by atoms with E-state index in [1.165, 1.54) is 4.67 Å². The molecular weight excluding hydrogens is 307 g/mol. The molecule has 4 nitrogen and oxygen atoms in total. The van der Waals surface area contributed by atoms with Crippen LogP contribution >= 0.6 is 20.1 Å². The molecule has 0 saturated carbocycles. The molecule has 0 fully saturated rings. The Morgan fingerprint density at radius 2 is 1.81 bits per heavy atom. The largest absolute Gasteiger partial charge is 0.796 e. The van der Waals surface area contributed by atoms with Gasteiger partial charge in [0.2, 0.25) is 0 Å². The van der Waals surface area contributed by atoms with Gasteiger partial charge in [0.05, 0.1) is 17.8 Å². The number of benzene rings is 2. The van der Waals surface area contributed by atoms with Crippen LogP contribution in [0.25, 0.3) is 0 Å². The minimum absolute atomic E-state index is 0.209. The number of fused-ring (bicyclic) bond motifs is 1. The zero-order chi connectivity index (χ0) is 15.0. The molecule has 1 atom stereocenters. The molecular formula is C15H13ClN2O2P-. The third-order valence-electron chi connectivity index (χ3n) is 3.43. The van der Waals surface area contributed by atoms with Crippen LogP contribution in [0.5, 0.6) is 0 Å². The summed E-state index contributed by atoms with van der Waals surface area (Å²) in [7, 11) is -0.204. The lowest BCUT2D eigenvalue weighted by atomic mass is 10.1. The average molecular weight is 320 g/mol. The van der Waals surface area contributed by atoms with Crippen molar-refractivity contribution in [1.29, 1.82) is 0 Å². The molecule has 1 aliphatic rings. The summed E-state index contributed by atoms with van der Waals surface area (Å²) in [5.74, 6) is -0.209. The van der Waals surface area contributed by atoms with Gasteiger partial charge in [0.15, 0.2) is 0 Å². The lowest BCUT2D eigenvalue weighted by Crippen LogP contribution is -2.40. The van der Waals surface area contributed by atoms with Crippen molar-refractivity contribution < 1.29 is 9.69 Å². The molecule has 1 heterocycles. The lowest BCUT2D eigenvalue weighted by molar-refractivity contribution is -0.169. The molecule has 1 aliphatic heterocycles. The first-order chi connectivity index (χ1) is 10.1. The zero-order valence-corrected chi connectivity index (χ0v) is 13.0. The van der Waals surface area contributed by atoms with Crippen molar-refractivity contribution in [3.8, 4) is 0 Å². The second-order valence-electron chi connectivity index (χ2n) is 4.78. The molecule has 1 amide bonds.